The topological polar surface area (TPSA) is 43.9 Å². The predicted molar refractivity (Wildman–Crippen MR) is 248 cm³/mol. The molecule has 0 saturated heterocycles. The fraction of sp³-hybridized carbons (Fsp3) is 0.0370. The van der Waals surface area contributed by atoms with Gasteiger partial charge in [-0.1, -0.05) is 146 Å². The first-order chi connectivity index (χ1) is 29.3. The SMILES string of the molecule is C1=Cc2ccc3c(c2CC1)c1c2ccccc2ccc1n3-c1cccc2c1oc1cccc(-c3nc(-c4ccc(-c5ccccc5)cc4)c4sc5ccccc5c4n3)c12. The van der Waals surface area contributed by atoms with Crippen LogP contribution in [0.1, 0.15) is 17.5 Å². The Morgan fingerprint density at radius 2 is 1.31 bits per heavy atom. The van der Waals surface area contributed by atoms with Crippen LogP contribution in [0.2, 0.25) is 0 Å². The highest BCUT2D eigenvalue weighted by Gasteiger charge is 2.24. The van der Waals surface area contributed by atoms with Crippen molar-refractivity contribution in [2.24, 2.45) is 0 Å². The number of para-hydroxylation sites is 1. The molecule has 5 heteroatoms. The summed E-state index contributed by atoms with van der Waals surface area (Å²) in [5.41, 5.74) is 14.1. The zero-order chi connectivity index (χ0) is 38.6. The fourth-order valence-corrected chi connectivity index (χ4v) is 10.8. The number of aromatic nitrogens is 3. The Kier molecular flexibility index (Phi) is 6.97. The molecule has 0 N–H and O–H groups in total. The Morgan fingerprint density at radius 1 is 0.559 bits per heavy atom. The molecule has 0 bridgehead atoms. The lowest BCUT2D eigenvalue weighted by atomic mass is 9.92. The van der Waals surface area contributed by atoms with E-state index in [-0.39, 0.29) is 0 Å². The van der Waals surface area contributed by atoms with Crippen molar-refractivity contribution in [3.8, 4) is 39.5 Å². The lowest BCUT2D eigenvalue weighted by molar-refractivity contribution is 0.666. The smallest absolute Gasteiger partial charge is 0.161 e. The lowest BCUT2D eigenvalue weighted by Crippen LogP contribution is -1.97. The van der Waals surface area contributed by atoms with E-state index in [0.29, 0.717) is 5.82 Å². The third-order valence-corrected chi connectivity index (χ3v) is 13.5. The number of rotatable bonds is 4. The zero-order valence-corrected chi connectivity index (χ0v) is 32.6. The second-order valence-corrected chi connectivity index (χ2v) is 16.6. The Morgan fingerprint density at radius 3 is 2.22 bits per heavy atom. The second kappa shape index (κ2) is 12.6. The maximum absolute atomic E-state index is 6.99. The predicted octanol–water partition coefficient (Wildman–Crippen LogP) is 15.0. The Bertz CT molecular complexity index is 3720. The summed E-state index contributed by atoms with van der Waals surface area (Å²) >= 11 is 1.76. The van der Waals surface area contributed by atoms with Gasteiger partial charge in [0, 0.05) is 42.8 Å². The number of nitrogens with zero attached hydrogens (tertiary/aromatic N) is 3. The van der Waals surface area contributed by atoms with Crippen LogP contribution in [0.25, 0.3) is 120 Å². The van der Waals surface area contributed by atoms with Crippen LogP contribution in [0.5, 0.6) is 0 Å². The highest BCUT2D eigenvalue weighted by atomic mass is 32.1. The van der Waals surface area contributed by atoms with Gasteiger partial charge >= 0.3 is 0 Å². The monoisotopic (exact) mass is 771 g/mol. The molecule has 0 spiro atoms. The molecule has 0 fully saturated rings. The van der Waals surface area contributed by atoms with Gasteiger partial charge in [0.2, 0.25) is 0 Å². The highest BCUT2D eigenvalue weighted by molar-refractivity contribution is 7.26. The van der Waals surface area contributed by atoms with E-state index in [2.05, 4.69) is 181 Å². The number of fused-ring (bicyclic) bond motifs is 13. The van der Waals surface area contributed by atoms with E-state index in [1.807, 2.05) is 0 Å². The number of furan rings is 1. The molecule has 8 aromatic carbocycles. The summed E-state index contributed by atoms with van der Waals surface area (Å²) in [6, 6.07) is 58.6. The molecule has 1 aliphatic rings. The van der Waals surface area contributed by atoms with Crippen LogP contribution in [-0.4, -0.2) is 14.5 Å². The molecule has 59 heavy (non-hydrogen) atoms. The van der Waals surface area contributed by atoms with Gasteiger partial charge in [-0.15, -0.1) is 11.3 Å². The number of hydrogen-bond donors (Lipinski definition) is 0. The van der Waals surface area contributed by atoms with Gasteiger partial charge in [0.1, 0.15) is 5.58 Å². The first kappa shape index (κ1) is 32.7. The van der Waals surface area contributed by atoms with E-state index < -0.39 is 0 Å². The zero-order valence-electron chi connectivity index (χ0n) is 31.8. The minimum Gasteiger partial charge on any atom is -0.454 e. The molecule has 1 aliphatic carbocycles. The molecular weight excluding hydrogens is 739 g/mol. The van der Waals surface area contributed by atoms with Crippen LogP contribution in [-0.2, 0) is 6.42 Å². The maximum Gasteiger partial charge on any atom is 0.161 e. The Hall–Kier alpha value is -7.34. The minimum atomic E-state index is 0.685. The van der Waals surface area contributed by atoms with Crippen molar-refractivity contribution in [1.82, 2.24) is 14.5 Å². The van der Waals surface area contributed by atoms with Gasteiger partial charge < -0.3 is 8.98 Å². The van der Waals surface area contributed by atoms with Crippen molar-refractivity contribution in [1.29, 1.82) is 0 Å². The van der Waals surface area contributed by atoms with Crippen molar-refractivity contribution >= 4 is 92.2 Å². The van der Waals surface area contributed by atoms with E-state index in [4.69, 9.17) is 14.4 Å². The van der Waals surface area contributed by atoms with Gasteiger partial charge in [0.05, 0.1) is 32.6 Å². The largest absolute Gasteiger partial charge is 0.454 e. The molecule has 0 unspecified atom stereocenters. The van der Waals surface area contributed by atoms with Crippen molar-refractivity contribution < 1.29 is 4.42 Å². The van der Waals surface area contributed by atoms with Crippen LogP contribution < -0.4 is 0 Å². The van der Waals surface area contributed by atoms with Crippen molar-refractivity contribution in [2.45, 2.75) is 12.8 Å². The normalized spacial score (nSPS) is 12.9. The quantitative estimate of drug-likeness (QED) is 0.179. The number of thiophene rings is 1. The third-order valence-electron chi connectivity index (χ3n) is 12.3. The highest BCUT2D eigenvalue weighted by Crippen LogP contribution is 2.46. The molecule has 4 nitrogen and oxygen atoms in total. The van der Waals surface area contributed by atoms with Crippen LogP contribution in [0.15, 0.2) is 174 Å². The van der Waals surface area contributed by atoms with Gasteiger partial charge in [-0.05, 0) is 76.2 Å². The Balaban J connectivity index is 1.06. The number of aryl methyl sites for hydroxylation is 1. The molecular formula is C54H33N3OS. The second-order valence-electron chi connectivity index (χ2n) is 15.5. The molecule has 0 aliphatic heterocycles. The molecule has 12 aromatic rings. The van der Waals surface area contributed by atoms with Crippen LogP contribution in [0, 0.1) is 0 Å². The molecule has 4 aromatic heterocycles. The molecule has 4 heterocycles. The summed E-state index contributed by atoms with van der Waals surface area (Å²) < 4.78 is 11.7. The number of hydrogen-bond acceptors (Lipinski definition) is 4. The first-order valence-electron chi connectivity index (χ1n) is 20.2. The standard InChI is InChI=1S/C54H33N3OS/c1-2-12-32(13-3-1)33-24-26-36(27-25-33)50-53-51(39-18-8-9-23-46(39)59-53)56-54(55-50)41-20-11-22-45-47(41)40-19-10-21-44(52(40)58-45)57-42-30-28-34-14-4-6-16-37(34)48(42)49-38-17-7-5-15-35(38)29-31-43(49)57/h1-6,8-16,18-31H,7,17H2. The minimum absolute atomic E-state index is 0.685. The Labute approximate surface area is 342 Å². The van der Waals surface area contributed by atoms with E-state index >= 15 is 0 Å². The summed E-state index contributed by atoms with van der Waals surface area (Å²) in [6.07, 6.45) is 6.65. The third kappa shape index (κ3) is 4.83. The van der Waals surface area contributed by atoms with Gasteiger partial charge in [0.15, 0.2) is 11.4 Å². The average molecular weight is 772 g/mol. The average Bonchev–Trinajstić information content (AvgIpc) is 3.99. The lowest BCUT2D eigenvalue weighted by Gasteiger charge is -2.13. The van der Waals surface area contributed by atoms with Crippen molar-refractivity contribution in [2.75, 3.05) is 0 Å². The van der Waals surface area contributed by atoms with Crippen molar-refractivity contribution in [3.63, 3.8) is 0 Å². The van der Waals surface area contributed by atoms with Crippen molar-refractivity contribution in [3.05, 3.63) is 181 Å². The van der Waals surface area contributed by atoms with Crippen LogP contribution >= 0.6 is 11.3 Å². The summed E-state index contributed by atoms with van der Waals surface area (Å²) in [5, 5.41) is 8.35. The molecule has 0 saturated carbocycles. The van der Waals surface area contributed by atoms with Crippen LogP contribution in [0.4, 0.5) is 0 Å². The summed E-state index contributed by atoms with van der Waals surface area (Å²) in [6.45, 7) is 0. The van der Waals surface area contributed by atoms with Gasteiger partial charge in [-0.3, -0.25) is 0 Å². The molecule has 13 rings (SSSR count). The maximum atomic E-state index is 6.99. The van der Waals surface area contributed by atoms with E-state index in [1.165, 1.54) is 59.5 Å². The van der Waals surface area contributed by atoms with E-state index in [9.17, 15) is 0 Å². The fourth-order valence-electron chi connectivity index (χ4n) is 9.63. The number of benzene rings is 8. The van der Waals surface area contributed by atoms with E-state index in [0.717, 1.165) is 72.9 Å². The number of allylic oxidation sites excluding steroid dienone is 1. The van der Waals surface area contributed by atoms with Crippen LogP contribution in [0.3, 0.4) is 0 Å². The van der Waals surface area contributed by atoms with Gasteiger partial charge in [-0.25, -0.2) is 9.97 Å². The van der Waals surface area contributed by atoms with Gasteiger partial charge in [-0.2, -0.15) is 0 Å². The summed E-state index contributed by atoms with van der Waals surface area (Å²) in [7, 11) is 0. The summed E-state index contributed by atoms with van der Waals surface area (Å²) in [4.78, 5) is 10.8. The molecule has 276 valence electrons. The molecule has 0 atom stereocenters. The van der Waals surface area contributed by atoms with E-state index in [1.54, 1.807) is 11.3 Å². The molecule has 0 radical (unpaired) electrons. The summed E-state index contributed by atoms with van der Waals surface area (Å²) in [5.74, 6) is 0.685. The first-order valence-corrected chi connectivity index (χ1v) is 21.0. The van der Waals surface area contributed by atoms with Gasteiger partial charge in [0.25, 0.3) is 0 Å². The molecule has 0 amide bonds.